The van der Waals surface area contributed by atoms with E-state index in [-0.39, 0.29) is 11.8 Å². The Hall–Kier alpha value is -0.220. The van der Waals surface area contributed by atoms with Crippen molar-refractivity contribution in [3.05, 3.63) is 21.4 Å². The van der Waals surface area contributed by atoms with Crippen LogP contribution in [0.15, 0.2) is 6.07 Å². The molecule has 0 bridgehead atoms. The Kier molecular flexibility index (Phi) is 2.52. The zero-order chi connectivity index (χ0) is 10.3. The molecule has 1 heterocycles. The average molecular weight is 241 g/mol. The Morgan fingerprint density at radius 2 is 2.07 bits per heavy atom. The molecule has 1 aromatic heterocycles. The number of thiophene rings is 1. The molecular formula is C9H8ClF3S. The molecule has 2 rings (SSSR count). The van der Waals surface area contributed by atoms with Crippen molar-refractivity contribution < 1.29 is 13.2 Å². The van der Waals surface area contributed by atoms with Crippen LogP contribution in [0.1, 0.15) is 34.1 Å². The molecule has 14 heavy (non-hydrogen) atoms. The molecule has 0 atom stereocenters. The fourth-order valence-electron chi connectivity index (χ4n) is 1.44. The molecule has 1 aromatic rings. The highest BCUT2D eigenvalue weighted by Gasteiger charge is 2.40. The van der Waals surface area contributed by atoms with E-state index in [0.717, 1.165) is 24.2 Å². The lowest BCUT2D eigenvalue weighted by Gasteiger charge is -2.05. The monoisotopic (exact) mass is 240 g/mol. The Balaban J connectivity index is 2.40. The van der Waals surface area contributed by atoms with Gasteiger partial charge in [-0.25, -0.2) is 0 Å². The molecule has 0 saturated heterocycles. The Labute approximate surface area is 88.7 Å². The first-order valence-electron chi connectivity index (χ1n) is 4.28. The van der Waals surface area contributed by atoms with Gasteiger partial charge in [0.25, 0.3) is 0 Å². The second-order valence-corrected chi connectivity index (χ2v) is 4.81. The third kappa shape index (κ3) is 1.91. The maximum Gasteiger partial charge on any atom is 0.425 e. The van der Waals surface area contributed by atoms with E-state index in [1.807, 2.05) is 0 Å². The van der Waals surface area contributed by atoms with Crippen LogP contribution in [0.4, 0.5) is 13.2 Å². The summed E-state index contributed by atoms with van der Waals surface area (Å²) >= 11 is 6.31. The van der Waals surface area contributed by atoms with Gasteiger partial charge in [0.1, 0.15) is 4.88 Å². The molecule has 5 heteroatoms. The molecule has 0 aromatic carbocycles. The van der Waals surface area contributed by atoms with Crippen LogP contribution < -0.4 is 0 Å². The highest BCUT2D eigenvalue weighted by molar-refractivity contribution is 7.12. The minimum Gasteiger partial charge on any atom is -0.165 e. The zero-order valence-electron chi connectivity index (χ0n) is 7.20. The van der Waals surface area contributed by atoms with Crippen LogP contribution in [-0.2, 0) is 12.1 Å². The van der Waals surface area contributed by atoms with Crippen LogP contribution in [0.25, 0.3) is 0 Å². The molecule has 0 nitrogen and oxygen atoms in total. The van der Waals surface area contributed by atoms with E-state index >= 15 is 0 Å². The summed E-state index contributed by atoms with van der Waals surface area (Å²) in [5.41, 5.74) is 0.457. The van der Waals surface area contributed by atoms with Crippen LogP contribution in [-0.4, -0.2) is 0 Å². The quantitative estimate of drug-likeness (QED) is 0.673. The molecule has 78 valence electrons. The van der Waals surface area contributed by atoms with Crippen molar-refractivity contribution in [3.8, 4) is 0 Å². The third-order valence-corrected chi connectivity index (χ3v) is 3.86. The van der Waals surface area contributed by atoms with Gasteiger partial charge in [0.2, 0.25) is 0 Å². The van der Waals surface area contributed by atoms with Crippen LogP contribution in [0.2, 0.25) is 0 Å². The fourth-order valence-corrected chi connectivity index (χ4v) is 2.65. The number of hydrogen-bond acceptors (Lipinski definition) is 1. The van der Waals surface area contributed by atoms with E-state index in [1.54, 1.807) is 6.07 Å². The predicted octanol–water partition coefficient (Wildman–Crippen LogP) is 4.38. The summed E-state index contributed by atoms with van der Waals surface area (Å²) in [6.45, 7) is 0. The van der Waals surface area contributed by atoms with Crippen molar-refractivity contribution in [2.75, 3.05) is 0 Å². The molecule has 1 aliphatic carbocycles. The van der Waals surface area contributed by atoms with Gasteiger partial charge in [0.15, 0.2) is 0 Å². The van der Waals surface area contributed by atoms with Gasteiger partial charge in [-0.15, -0.1) is 22.9 Å². The molecule has 0 unspecified atom stereocenters. The van der Waals surface area contributed by atoms with Gasteiger partial charge in [-0.3, -0.25) is 0 Å². The van der Waals surface area contributed by atoms with Crippen LogP contribution >= 0.6 is 22.9 Å². The lowest BCUT2D eigenvalue weighted by Crippen LogP contribution is -2.04. The summed E-state index contributed by atoms with van der Waals surface area (Å²) in [5, 5.41) is 0. The molecule has 0 spiro atoms. The standard InChI is InChI=1S/C9H8ClF3S/c10-4-6-3-7(5-1-2-5)8(14-6)9(11,12)13/h3,5H,1-2,4H2. The van der Waals surface area contributed by atoms with Crippen LogP contribution in [0, 0.1) is 0 Å². The number of rotatable bonds is 2. The number of halogens is 4. The maximum atomic E-state index is 12.6. The van der Waals surface area contributed by atoms with Crippen molar-refractivity contribution in [1.82, 2.24) is 0 Å². The van der Waals surface area contributed by atoms with Gasteiger partial charge in [0.05, 0.1) is 5.88 Å². The topological polar surface area (TPSA) is 0 Å². The summed E-state index contributed by atoms with van der Waals surface area (Å²) < 4.78 is 37.7. The average Bonchev–Trinajstić information content (AvgIpc) is 2.83. The second kappa shape index (κ2) is 3.42. The highest BCUT2D eigenvalue weighted by atomic mass is 35.5. The summed E-state index contributed by atoms with van der Waals surface area (Å²) in [6.07, 6.45) is -2.46. The first-order valence-corrected chi connectivity index (χ1v) is 5.63. The number of hydrogen-bond donors (Lipinski definition) is 0. The van der Waals surface area contributed by atoms with Gasteiger partial charge in [-0.05, 0) is 30.4 Å². The van der Waals surface area contributed by atoms with E-state index in [4.69, 9.17) is 11.6 Å². The molecule has 0 amide bonds. The normalized spacial score (nSPS) is 17.4. The fraction of sp³-hybridized carbons (Fsp3) is 0.556. The molecule has 0 aliphatic heterocycles. The Bertz CT molecular complexity index is 338. The van der Waals surface area contributed by atoms with E-state index in [1.165, 1.54) is 0 Å². The van der Waals surface area contributed by atoms with Crippen molar-refractivity contribution in [1.29, 1.82) is 0 Å². The lowest BCUT2D eigenvalue weighted by molar-refractivity contribution is -0.134. The van der Waals surface area contributed by atoms with Gasteiger partial charge in [0, 0.05) is 4.88 Å². The maximum absolute atomic E-state index is 12.6. The molecular weight excluding hydrogens is 233 g/mol. The summed E-state index contributed by atoms with van der Waals surface area (Å²) in [5.74, 6) is 0.292. The first-order chi connectivity index (χ1) is 6.52. The van der Waals surface area contributed by atoms with Crippen molar-refractivity contribution in [2.24, 2.45) is 0 Å². The van der Waals surface area contributed by atoms with E-state index in [9.17, 15) is 13.2 Å². The summed E-state index contributed by atoms with van der Waals surface area (Å²) in [6, 6.07) is 1.61. The smallest absolute Gasteiger partial charge is 0.165 e. The summed E-state index contributed by atoms with van der Waals surface area (Å²) in [4.78, 5) is 0.163. The van der Waals surface area contributed by atoms with Crippen LogP contribution in [0.5, 0.6) is 0 Å². The number of alkyl halides is 4. The van der Waals surface area contributed by atoms with Gasteiger partial charge < -0.3 is 0 Å². The SMILES string of the molecule is FC(F)(F)c1sc(CCl)cc1C1CC1. The van der Waals surface area contributed by atoms with Gasteiger partial charge >= 0.3 is 6.18 Å². The zero-order valence-corrected chi connectivity index (χ0v) is 8.77. The summed E-state index contributed by atoms with van der Waals surface area (Å²) in [7, 11) is 0. The molecule has 0 radical (unpaired) electrons. The van der Waals surface area contributed by atoms with Gasteiger partial charge in [-0.2, -0.15) is 13.2 Å². The van der Waals surface area contributed by atoms with E-state index in [0.29, 0.717) is 10.4 Å². The van der Waals surface area contributed by atoms with Crippen molar-refractivity contribution in [2.45, 2.75) is 30.8 Å². The highest BCUT2D eigenvalue weighted by Crippen LogP contribution is 2.49. The molecule has 1 saturated carbocycles. The molecule has 1 fully saturated rings. The molecule has 1 aliphatic rings. The van der Waals surface area contributed by atoms with Crippen LogP contribution in [0.3, 0.4) is 0 Å². The van der Waals surface area contributed by atoms with Gasteiger partial charge in [-0.1, -0.05) is 0 Å². The Morgan fingerprint density at radius 1 is 1.43 bits per heavy atom. The third-order valence-electron chi connectivity index (χ3n) is 2.22. The van der Waals surface area contributed by atoms with E-state index in [2.05, 4.69) is 0 Å². The van der Waals surface area contributed by atoms with Crippen molar-refractivity contribution in [3.63, 3.8) is 0 Å². The minimum absolute atomic E-state index is 0.125. The lowest BCUT2D eigenvalue weighted by atomic mass is 10.1. The predicted molar refractivity (Wildman–Crippen MR) is 50.9 cm³/mol. The van der Waals surface area contributed by atoms with Crippen molar-refractivity contribution >= 4 is 22.9 Å². The molecule has 0 N–H and O–H groups in total. The van der Waals surface area contributed by atoms with E-state index < -0.39 is 11.1 Å². The minimum atomic E-state index is -4.22. The first kappa shape index (κ1) is 10.3. The second-order valence-electron chi connectivity index (χ2n) is 3.40. The Morgan fingerprint density at radius 3 is 2.50 bits per heavy atom. The largest absolute Gasteiger partial charge is 0.425 e.